The van der Waals surface area contributed by atoms with Crippen molar-refractivity contribution in [2.24, 2.45) is 11.3 Å². The summed E-state index contributed by atoms with van der Waals surface area (Å²) >= 11 is 0. The molecule has 2 atom stereocenters. The van der Waals surface area contributed by atoms with Crippen LogP contribution < -0.4 is 10.6 Å². The third kappa shape index (κ3) is 1.95. The van der Waals surface area contributed by atoms with Crippen molar-refractivity contribution in [3.63, 3.8) is 0 Å². The molecule has 20 heavy (non-hydrogen) atoms. The second-order valence-electron chi connectivity index (χ2n) is 6.32. The molecule has 0 amide bonds. The van der Waals surface area contributed by atoms with E-state index in [0.29, 0.717) is 11.9 Å². The molecule has 1 aromatic rings. The number of aryl methyl sites for hydroxylation is 1. The summed E-state index contributed by atoms with van der Waals surface area (Å²) in [5.74, 6) is 1.92. The van der Waals surface area contributed by atoms with Gasteiger partial charge in [-0.25, -0.2) is 4.98 Å². The number of aliphatic hydroxyl groups is 1. The lowest BCUT2D eigenvalue weighted by atomic mass is 9.82. The van der Waals surface area contributed by atoms with Gasteiger partial charge in [0.2, 0.25) is 5.95 Å². The van der Waals surface area contributed by atoms with E-state index in [-0.39, 0.29) is 12.0 Å². The summed E-state index contributed by atoms with van der Waals surface area (Å²) in [7, 11) is 0. The topological polar surface area (TPSA) is 75.3 Å². The first kappa shape index (κ1) is 13.6. The van der Waals surface area contributed by atoms with Gasteiger partial charge in [0.05, 0.1) is 12.3 Å². The Kier molecular flexibility index (Phi) is 3.32. The number of rotatable bonds is 3. The minimum absolute atomic E-state index is 0.0819. The number of hydrogen-bond acceptors (Lipinski definition) is 5. The molecule has 1 saturated heterocycles. The van der Waals surface area contributed by atoms with Crippen LogP contribution in [0.15, 0.2) is 0 Å². The first-order valence-electron chi connectivity index (χ1n) is 7.58. The summed E-state index contributed by atoms with van der Waals surface area (Å²) < 4.78 is 0. The number of nitrogens with two attached hydrogens (primary N) is 1. The fourth-order valence-corrected chi connectivity index (χ4v) is 4.05. The van der Waals surface area contributed by atoms with Gasteiger partial charge in [-0.3, -0.25) is 0 Å². The van der Waals surface area contributed by atoms with Gasteiger partial charge in [0.1, 0.15) is 5.82 Å². The van der Waals surface area contributed by atoms with E-state index in [4.69, 9.17) is 5.73 Å². The number of fused-ring (bicyclic) bond motifs is 1. The molecule has 3 N–H and O–H groups in total. The molecule has 2 aliphatic rings. The summed E-state index contributed by atoms with van der Waals surface area (Å²) in [4.78, 5) is 11.1. The summed E-state index contributed by atoms with van der Waals surface area (Å²) in [6.07, 6.45) is 4.46. The molecule has 0 unspecified atom stereocenters. The molecule has 1 aromatic heterocycles. The highest BCUT2D eigenvalue weighted by Gasteiger charge is 2.49. The Balaban J connectivity index is 1.94. The molecule has 0 spiro atoms. The van der Waals surface area contributed by atoms with Gasteiger partial charge in [-0.15, -0.1) is 0 Å². The molecular formula is C15H24N4O. The van der Waals surface area contributed by atoms with Crippen molar-refractivity contribution in [2.45, 2.75) is 39.5 Å². The van der Waals surface area contributed by atoms with Crippen LogP contribution in [0.2, 0.25) is 0 Å². The molecule has 2 fully saturated rings. The van der Waals surface area contributed by atoms with Crippen LogP contribution in [-0.4, -0.2) is 34.8 Å². The van der Waals surface area contributed by atoms with Gasteiger partial charge < -0.3 is 15.7 Å². The van der Waals surface area contributed by atoms with Crippen molar-refractivity contribution < 1.29 is 5.11 Å². The zero-order valence-corrected chi connectivity index (χ0v) is 12.4. The summed E-state index contributed by atoms with van der Waals surface area (Å²) in [5, 5.41) is 9.83. The lowest BCUT2D eigenvalue weighted by Crippen LogP contribution is -2.31. The van der Waals surface area contributed by atoms with E-state index in [1.54, 1.807) is 0 Å². The van der Waals surface area contributed by atoms with Crippen molar-refractivity contribution >= 4 is 11.8 Å². The molecule has 5 nitrogen and oxygen atoms in total. The van der Waals surface area contributed by atoms with Crippen LogP contribution in [0.5, 0.6) is 0 Å². The lowest BCUT2D eigenvalue weighted by Gasteiger charge is -2.27. The van der Waals surface area contributed by atoms with E-state index in [0.717, 1.165) is 43.0 Å². The quantitative estimate of drug-likeness (QED) is 0.875. The van der Waals surface area contributed by atoms with Crippen LogP contribution in [0.25, 0.3) is 0 Å². The van der Waals surface area contributed by atoms with E-state index in [2.05, 4.69) is 28.7 Å². The number of hydrogen-bond donors (Lipinski definition) is 2. The number of anilines is 2. The first-order chi connectivity index (χ1) is 9.59. The molecule has 2 heterocycles. The molecule has 1 aliphatic heterocycles. The maximum atomic E-state index is 9.83. The summed E-state index contributed by atoms with van der Waals surface area (Å²) in [5.41, 5.74) is 8.10. The average Bonchev–Trinajstić information content (AvgIpc) is 2.97. The monoisotopic (exact) mass is 276 g/mol. The maximum Gasteiger partial charge on any atom is 0.222 e. The molecule has 0 bridgehead atoms. The average molecular weight is 276 g/mol. The molecule has 1 aliphatic carbocycles. The SMILES string of the molecule is CCc1nc(N)nc(N2C[C@H]3CCC[C@@]3(CO)C2)c1C. The van der Waals surface area contributed by atoms with Crippen molar-refractivity contribution in [1.29, 1.82) is 0 Å². The normalized spacial score (nSPS) is 28.9. The van der Waals surface area contributed by atoms with Crippen molar-refractivity contribution in [3.8, 4) is 0 Å². The van der Waals surface area contributed by atoms with E-state index in [1.165, 1.54) is 12.8 Å². The van der Waals surface area contributed by atoms with E-state index in [1.807, 2.05) is 0 Å². The molecule has 110 valence electrons. The largest absolute Gasteiger partial charge is 0.396 e. The summed E-state index contributed by atoms with van der Waals surface area (Å²) in [6.45, 7) is 6.34. The standard InChI is InChI=1S/C15H24N4O/c1-3-12-10(2)13(18-14(16)17-12)19-7-11-5-4-6-15(11,8-19)9-20/h11,20H,3-9H2,1-2H3,(H2,16,17,18)/t11-,15+/m1/s1. The van der Waals surface area contributed by atoms with Crippen molar-refractivity contribution in [3.05, 3.63) is 11.3 Å². The number of aliphatic hydroxyl groups excluding tert-OH is 1. The Morgan fingerprint density at radius 3 is 2.90 bits per heavy atom. The Bertz CT molecular complexity index is 519. The van der Waals surface area contributed by atoms with E-state index < -0.39 is 0 Å². The maximum absolute atomic E-state index is 9.83. The van der Waals surface area contributed by atoms with Crippen molar-refractivity contribution in [2.75, 3.05) is 30.3 Å². The molecule has 3 rings (SSSR count). The molecule has 1 saturated carbocycles. The Morgan fingerprint density at radius 2 is 2.25 bits per heavy atom. The van der Waals surface area contributed by atoms with Crippen LogP contribution in [-0.2, 0) is 6.42 Å². The zero-order valence-electron chi connectivity index (χ0n) is 12.4. The molecule has 0 aromatic carbocycles. The molecule has 0 radical (unpaired) electrons. The highest BCUT2D eigenvalue weighted by molar-refractivity contribution is 5.52. The molecule has 5 heteroatoms. The van der Waals surface area contributed by atoms with Gasteiger partial charge in [-0.05, 0) is 32.1 Å². The summed E-state index contributed by atoms with van der Waals surface area (Å²) in [6, 6.07) is 0. The second-order valence-corrected chi connectivity index (χ2v) is 6.32. The number of aromatic nitrogens is 2. The highest BCUT2D eigenvalue weighted by atomic mass is 16.3. The number of nitrogen functional groups attached to an aromatic ring is 1. The Morgan fingerprint density at radius 1 is 1.45 bits per heavy atom. The van der Waals surface area contributed by atoms with Crippen LogP contribution in [0, 0.1) is 18.3 Å². The van der Waals surface area contributed by atoms with Gasteiger partial charge in [-0.1, -0.05) is 13.3 Å². The minimum Gasteiger partial charge on any atom is -0.396 e. The van der Waals surface area contributed by atoms with Gasteiger partial charge >= 0.3 is 0 Å². The third-order valence-electron chi connectivity index (χ3n) is 5.23. The second kappa shape index (κ2) is 4.88. The predicted molar refractivity (Wildman–Crippen MR) is 79.6 cm³/mol. The fraction of sp³-hybridized carbons (Fsp3) is 0.733. The van der Waals surface area contributed by atoms with Gasteiger partial charge in [0.25, 0.3) is 0 Å². The van der Waals surface area contributed by atoms with Gasteiger partial charge in [0, 0.05) is 24.1 Å². The highest BCUT2D eigenvalue weighted by Crippen LogP contribution is 2.49. The van der Waals surface area contributed by atoms with Crippen LogP contribution >= 0.6 is 0 Å². The first-order valence-corrected chi connectivity index (χ1v) is 7.58. The minimum atomic E-state index is 0.0819. The lowest BCUT2D eigenvalue weighted by molar-refractivity contribution is 0.121. The van der Waals surface area contributed by atoms with Gasteiger partial charge in [-0.2, -0.15) is 4.98 Å². The number of nitrogens with zero attached hydrogens (tertiary/aromatic N) is 3. The Hall–Kier alpha value is -1.36. The smallest absolute Gasteiger partial charge is 0.222 e. The predicted octanol–water partition coefficient (Wildman–Crippen LogP) is 1.53. The van der Waals surface area contributed by atoms with Crippen molar-refractivity contribution in [1.82, 2.24) is 9.97 Å². The van der Waals surface area contributed by atoms with Crippen LogP contribution in [0.1, 0.15) is 37.4 Å². The van der Waals surface area contributed by atoms with E-state index in [9.17, 15) is 5.11 Å². The Labute approximate surface area is 120 Å². The van der Waals surface area contributed by atoms with Crippen LogP contribution in [0.3, 0.4) is 0 Å². The van der Waals surface area contributed by atoms with Crippen LogP contribution in [0.4, 0.5) is 11.8 Å². The zero-order chi connectivity index (χ0) is 14.3. The molecular weight excluding hydrogens is 252 g/mol. The van der Waals surface area contributed by atoms with E-state index >= 15 is 0 Å². The fourth-order valence-electron chi connectivity index (χ4n) is 4.05. The third-order valence-corrected chi connectivity index (χ3v) is 5.23. The van der Waals surface area contributed by atoms with Gasteiger partial charge in [0.15, 0.2) is 0 Å².